The number of nitrogens with zero attached hydrogens (tertiary/aromatic N) is 1. The summed E-state index contributed by atoms with van der Waals surface area (Å²) in [6, 6.07) is 22.3. The molecule has 1 atom stereocenters. The van der Waals surface area contributed by atoms with Crippen LogP contribution in [0.1, 0.15) is 22.7 Å². The van der Waals surface area contributed by atoms with Gasteiger partial charge in [0.1, 0.15) is 5.76 Å². The summed E-state index contributed by atoms with van der Waals surface area (Å²) in [6.45, 7) is 1.92. The topological polar surface area (TPSA) is 57.6 Å². The van der Waals surface area contributed by atoms with Gasteiger partial charge in [-0.2, -0.15) is 0 Å². The van der Waals surface area contributed by atoms with Crippen LogP contribution >= 0.6 is 11.6 Å². The molecular formula is C24H18ClNO3. The lowest BCUT2D eigenvalue weighted by molar-refractivity contribution is -0.132. The zero-order chi connectivity index (χ0) is 20.5. The second-order valence-corrected chi connectivity index (χ2v) is 7.30. The van der Waals surface area contributed by atoms with Gasteiger partial charge in [0.05, 0.1) is 11.6 Å². The molecule has 0 saturated carbocycles. The number of aliphatic hydroxyl groups is 1. The Labute approximate surface area is 173 Å². The minimum atomic E-state index is -0.728. The van der Waals surface area contributed by atoms with Crippen LogP contribution in [0.2, 0.25) is 5.02 Å². The Hall–Kier alpha value is -3.37. The van der Waals surface area contributed by atoms with E-state index in [-0.39, 0.29) is 11.3 Å². The Balaban J connectivity index is 1.97. The first kappa shape index (κ1) is 19.0. The van der Waals surface area contributed by atoms with Gasteiger partial charge in [0.2, 0.25) is 0 Å². The van der Waals surface area contributed by atoms with Gasteiger partial charge in [-0.25, -0.2) is 0 Å². The van der Waals surface area contributed by atoms with E-state index >= 15 is 0 Å². The molecule has 1 amide bonds. The molecule has 4 rings (SSSR count). The molecule has 1 unspecified atom stereocenters. The average Bonchev–Trinajstić information content (AvgIpc) is 3.00. The van der Waals surface area contributed by atoms with Crippen LogP contribution in [0.25, 0.3) is 5.76 Å². The number of aliphatic hydroxyl groups excluding tert-OH is 1. The molecule has 144 valence electrons. The first-order valence-corrected chi connectivity index (χ1v) is 9.54. The predicted octanol–water partition coefficient (Wildman–Crippen LogP) is 5.27. The van der Waals surface area contributed by atoms with Gasteiger partial charge in [0.15, 0.2) is 0 Å². The molecule has 1 heterocycles. The third kappa shape index (κ3) is 3.32. The maximum absolute atomic E-state index is 13.0. The summed E-state index contributed by atoms with van der Waals surface area (Å²) < 4.78 is 0. The van der Waals surface area contributed by atoms with Crippen LogP contribution in [-0.4, -0.2) is 16.8 Å². The van der Waals surface area contributed by atoms with Crippen molar-refractivity contribution in [1.82, 2.24) is 0 Å². The summed E-state index contributed by atoms with van der Waals surface area (Å²) in [5, 5.41) is 11.5. The Morgan fingerprint density at radius 2 is 1.52 bits per heavy atom. The maximum Gasteiger partial charge on any atom is 0.300 e. The van der Waals surface area contributed by atoms with E-state index in [1.807, 2.05) is 49.4 Å². The molecule has 0 radical (unpaired) electrons. The number of halogens is 1. The number of amides is 1. The van der Waals surface area contributed by atoms with Crippen LogP contribution in [0.5, 0.6) is 0 Å². The highest BCUT2D eigenvalue weighted by Crippen LogP contribution is 2.42. The highest BCUT2D eigenvalue weighted by Gasteiger charge is 2.47. The first-order valence-electron chi connectivity index (χ1n) is 9.16. The molecule has 1 fully saturated rings. The number of carbonyl (C=O) groups is 2. The number of Topliss-reactive ketones (excluding diaryl/α,β-unsaturated/α-hetero) is 1. The molecule has 1 N–H and O–H groups in total. The van der Waals surface area contributed by atoms with E-state index in [2.05, 4.69) is 0 Å². The lowest BCUT2D eigenvalue weighted by Gasteiger charge is -2.26. The lowest BCUT2D eigenvalue weighted by atomic mass is 9.92. The third-order valence-electron chi connectivity index (χ3n) is 5.08. The third-order valence-corrected chi connectivity index (χ3v) is 5.33. The summed E-state index contributed by atoms with van der Waals surface area (Å²) in [4.78, 5) is 27.5. The van der Waals surface area contributed by atoms with Gasteiger partial charge < -0.3 is 5.11 Å². The van der Waals surface area contributed by atoms with Crippen molar-refractivity contribution >= 4 is 34.7 Å². The molecule has 3 aromatic carbocycles. The number of hydrogen-bond donors (Lipinski definition) is 1. The summed E-state index contributed by atoms with van der Waals surface area (Å²) in [5.74, 6) is -1.60. The molecule has 29 heavy (non-hydrogen) atoms. The molecule has 0 bridgehead atoms. The monoisotopic (exact) mass is 403 g/mol. The summed E-state index contributed by atoms with van der Waals surface area (Å²) in [6.07, 6.45) is 0. The number of para-hydroxylation sites is 1. The Bertz CT molecular complexity index is 1120. The van der Waals surface area contributed by atoms with Gasteiger partial charge in [0.25, 0.3) is 11.7 Å². The van der Waals surface area contributed by atoms with Gasteiger partial charge in [-0.05, 0) is 54.4 Å². The average molecular weight is 404 g/mol. The summed E-state index contributed by atoms with van der Waals surface area (Å²) in [5.41, 5.74) is 2.79. The van der Waals surface area contributed by atoms with Gasteiger partial charge in [-0.15, -0.1) is 0 Å². The molecule has 0 aliphatic carbocycles. The van der Waals surface area contributed by atoms with E-state index in [1.165, 1.54) is 4.90 Å². The number of benzene rings is 3. The van der Waals surface area contributed by atoms with Crippen molar-refractivity contribution in [2.45, 2.75) is 13.0 Å². The van der Waals surface area contributed by atoms with Crippen LogP contribution < -0.4 is 4.90 Å². The molecule has 3 aromatic rings. The number of aryl methyl sites for hydroxylation is 1. The van der Waals surface area contributed by atoms with Crippen molar-refractivity contribution in [1.29, 1.82) is 0 Å². The molecule has 4 nitrogen and oxygen atoms in total. The minimum absolute atomic E-state index is 0.0653. The maximum atomic E-state index is 13.0. The van der Waals surface area contributed by atoms with Gasteiger partial charge in [0, 0.05) is 16.3 Å². The quantitative estimate of drug-likeness (QED) is 0.368. The molecular weight excluding hydrogens is 386 g/mol. The summed E-state index contributed by atoms with van der Waals surface area (Å²) in [7, 11) is 0. The zero-order valence-corrected chi connectivity index (χ0v) is 16.4. The van der Waals surface area contributed by atoms with E-state index in [1.54, 1.807) is 36.4 Å². The SMILES string of the molecule is Cc1ccccc1C1/C(=C(/O)c2ccc(Cl)cc2)C(=O)C(=O)N1c1ccccc1. The van der Waals surface area contributed by atoms with Gasteiger partial charge in [-0.1, -0.05) is 54.1 Å². The van der Waals surface area contributed by atoms with Crippen LogP contribution in [0.4, 0.5) is 5.69 Å². The van der Waals surface area contributed by atoms with Gasteiger partial charge >= 0.3 is 0 Å². The second kappa shape index (κ2) is 7.57. The Kier molecular flexibility index (Phi) is 4.95. The van der Waals surface area contributed by atoms with Crippen LogP contribution in [-0.2, 0) is 9.59 Å². The number of hydrogen-bond acceptors (Lipinski definition) is 3. The lowest BCUT2D eigenvalue weighted by Crippen LogP contribution is -2.29. The fourth-order valence-electron chi connectivity index (χ4n) is 3.64. The molecule has 0 aromatic heterocycles. The minimum Gasteiger partial charge on any atom is -0.507 e. The Morgan fingerprint density at radius 1 is 0.897 bits per heavy atom. The number of ketones is 1. The van der Waals surface area contributed by atoms with Crippen molar-refractivity contribution in [3.63, 3.8) is 0 Å². The van der Waals surface area contributed by atoms with Crippen molar-refractivity contribution < 1.29 is 14.7 Å². The van der Waals surface area contributed by atoms with Crippen LogP contribution in [0.15, 0.2) is 84.4 Å². The molecule has 1 aliphatic heterocycles. The Morgan fingerprint density at radius 3 is 2.17 bits per heavy atom. The predicted molar refractivity (Wildman–Crippen MR) is 114 cm³/mol. The number of carbonyl (C=O) groups excluding carboxylic acids is 2. The second-order valence-electron chi connectivity index (χ2n) is 6.87. The summed E-state index contributed by atoms with van der Waals surface area (Å²) >= 11 is 5.95. The van der Waals surface area contributed by atoms with E-state index in [0.717, 1.165) is 11.1 Å². The van der Waals surface area contributed by atoms with E-state index in [9.17, 15) is 14.7 Å². The van der Waals surface area contributed by atoms with Crippen LogP contribution in [0.3, 0.4) is 0 Å². The molecule has 0 spiro atoms. The highest BCUT2D eigenvalue weighted by molar-refractivity contribution is 6.51. The van der Waals surface area contributed by atoms with Crippen molar-refractivity contribution in [2.24, 2.45) is 0 Å². The molecule has 5 heteroatoms. The van der Waals surface area contributed by atoms with Gasteiger partial charge in [-0.3, -0.25) is 14.5 Å². The van der Waals surface area contributed by atoms with Crippen molar-refractivity contribution in [3.05, 3.63) is 106 Å². The van der Waals surface area contributed by atoms with Crippen LogP contribution in [0, 0.1) is 6.92 Å². The first-order chi connectivity index (χ1) is 14.0. The number of anilines is 1. The highest BCUT2D eigenvalue weighted by atomic mass is 35.5. The van der Waals surface area contributed by atoms with E-state index < -0.39 is 17.7 Å². The number of rotatable bonds is 3. The fraction of sp³-hybridized carbons (Fsp3) is 0.0833. The fourth-order valence-corrected chi connectivity index (χ4v) is 3.76. The smallest absolute Gasteiger partial charge is 0.300 e. The normalized spacial score (nSPS) is 18.3. The van der Waals surface area contributed by atoms with E-state index in [4.69, 9.17) is 11.6 Å². The standard InChI is InChI=1S/C24H18ClNO3/c1-15-7-5-6-10-19(15)21-20(22(27)16-11-13-17(25)14-12-16)23(28)24(29)26(21)18-8-3-2-4-9-18/h2-14,21,27H,1H3/b22-20-. The zero-order valence-electron chi connectivity index (χ0n) is 15.7. The molecule has 1 saturated heterocycles. The van der Waals surface area contributed by atoms with E-state index in [0.29, 0.717) is 16.3 Å². The molecule has 1 aliphatic rings. The van der Waals surface area contributed by atoms with Crippen molar-refractivity contribution in [3.8, 4) is 0 Å². The largest absolute Gasteiger partial charge is 0.507 e. The van der Waals surface area contributed by atoms with Crippen molar-refractivity contribution in [2.75, 3.05) is 4.90 Å².